The molecule has 0 radical (unpaired) electrons. The van der Waals surface area contributed by atoms with Gasteiger partial charge in [0.15, 0.2) is 0 Å². The number of benzene rings is 1. The molecule has 7 heteroatoms. The van der Waals surface area contributed by atoms with Crippen molar-refractivity contribution in [1.29, 1.82) is 5.26 Å². The Bertz CT molecular complexity index is 583. The zero-order valence-corrected chi connectivity index (χ0v) is 11.9. The summed E-state index contributed by atoms with van der Waals surface area (Å²) in [5, 5.41) is 8.86. The number of hydrogen-bond acceptors (Lipinski definition) is 3. The summed E-state index contributed by atoms with van der Waals surface area (Å²) in [7, 11) is 0. The van der Waals surface area contributed by atoms with E-state index in [2.05, 4.69) is 0 Å². The summed E-state index contributed by atoms with van der Waals surface area (Å²) in [4.78, 5) is 11.6. The van der Waals surface area contributed by atoms with E-state index in [1.165, 1.54) is 17.8 Å². The van der Waals surface area contributed by atoms with Crippen LogP contribution < -0.4 is 5.73 Å². The minimum atomic E-state index is -4.71. The molecular formula is C13H13F3N2OS. The molecule has 0 aromatic heterocycles. The zero-order chi connectivity index (χ0) is 15.7. The molecule has 0 atom stereocenters. The lowest BCUT2D eigenvalue weighted by Gasteiger charge is -2.20. The normalized spacial score (nSPS) is 12.1. The Morgan fingerprint density at radius 1 is 1.30 bits per heavy atom. The largest absolute Gasteiger partial charge is 0.417 e. The molecule has 0 aliphatic carbocycles. The Labute approximate surface area is 118 Å². The highest BCUT2D eigenvalue weighted by atomic mass is 32.2. The highest BCUT2D eigenvalue weighted by molar-refractivity contribution is 8.00. The number of nitriles is 1. The molecule has 0 aliphatic heterocycles. The van der Waals surface area contributed by atoms with E-state index < -0.39 is 23.2 Å². The number of thioether (sulfide) groups is 1. The number of hydrogen-bond donors (Lipinski definition) is 1. The maximum absolute atomic E-state index is 12.8. The average Bonchev–Trinajstić information content (AvgIpc) is 2.24. The van der Waals surface area contributed by atoms with Crippen LogP contribution in [0.3, 0.4) is 0 Å². The number of nitrogens with two attached hydrogens (primary N) is 1. The minimum absolute atomic E-state index is 0.226. The maximum Gasteiger partial charge on any atom is 0.417 e. The van der Waals surface area contributed by atoms with E-state index in [-0.39, 0.29) is 15.2 Å². The van der Waals surface area contributed by atoms with Crippen LogP contribution in [0, 0.1) is 11.3 Å². The monoisotopic (exact) mass is 302 g/mol. The van der Waals surface area contributed by atoms with Crippen molar-refractivity contribution in [2.75, 3.05) is 0 Å². The van der Waals surface area contributed by atoms with Crippen molar-refractivity contribution in [3.8, 4) is 6.07 Å². The molecular weight excluding hydrogens is 289 g/mol. The molecule has 3 nitrogen and oxygen atoms in total. The van der Waals surface area contributed by atoms with Crippen LogP contribution in [0.15, 0.2) is 17.0 Å². The van der Waals surface area contributed by atoms with E-state index in [0.717, 1.165) is 6.07 Å². The SMILES string of the molecule is CC(C)(C)Sc1cc(C#N)c(C(F)(F)F)cc1C(N)=O. The topological polar surface area (TPSA) is 66.9 Å². The number of rotatable bonds is 2. The maximum atomic E-state index is 12.8. The van der Waals surface area contributed by atoms with Crippen molar-refractivity contribution in [3.63, 3.8) is 0 Å². The number of carbonyl (C=O) groups is 1. The van der Waals surface area contributed by atoms with Gasteiger partial charge in [-0.3, -0.25) is 4.79 Å². The van der Waals surface area contributed by atoms with Crippen LogP contribution in [-0.4, -0.2) is 10.7 Å². The molecule has 0 saturated heterocycles. The molecule has 0 unspecified atom stereocenters. The summed E-state index contributed by atoms with van der Waals surface area (Å²) in [6, 6.07) is 3.23. The highest BCUT2D eigenvalue weighted by Crippen LogP contribution is 2.39. The zero-order valence-electron chi connectivity index (χ0n) is 11.1. The summed E-state index contributed by atoms with van der Waals surface area (Å²) in [6.07, 6.45) is -4.71. The van der Waals surface area contributed by atoms with Crippen LogP contribution in [0.25, 0.3) is 0 Å². The summed E-state index contributed by atoms with van der Waals surface area (Å²) in [5.41, 5.74) is 3.24. The number of halogens is 3. The standard InChI is InChI=1S/C13H13F3N2OS/c1-12(2,3)20-10-4-7(6-17)9(13(14,15)16)5-8(10)11(18)19/h4-5H,1-3H3,(H2,18,19). The molecule has 0 bridgehead atoms. The van der Waals surface area contributed by atoms with Gasteiger partial charge < -0.3 is 5.73 Å². The highest BCUT2D eigenvalue weighted by Gasteiger charge is 2.35. The van der Waals surface area contributed by atoms with Crippen LogP contribution >= 0.6 is 11.8 Å². The van der Waals surface area contributed by atoms with E-state index in [0.29, 0.717) is 6.07 Å². The van der Waals surface area contributed by atoms with Gasteiger partial charge in [-0.05, 0) is 12.1 Å². The second kappa shape index (κ2) is 5.37. The molecule has 1 aromatic carbocycles. The lowest BCUT2D eigenvalue weighted by molar-refractivity contribution is -0.137. The first-order chi connectivity index (χ1) is 8.95. The van der Waals surface area contributed by atoms with Crippen molar-refractivity contribution in [3.05, 3.63) is 28.8 Å². The molecule has 0 spiro atoms. The Hall–Kier alpha value is -1.68. The molecule has 20 heavy (non-hydrogen) atoms. The molecule has 1 rings (SSSR count). The molecule has 1 aromatic rings. The smallest absolute Gasteiger partial charge is 0.366 e. The van der Waals surface area contributed by atoms with Gasteiger partial charge in [0.05, 0.1) is 22.8 Å². The number of alkyl halides is 3. The van der Waals surface area contributed by atoms with Gasteiger partial charge >= 0.3 is 6.18 Å². The van der Waals surface area contributed by atoms with Crippen LogP contribution in [0.1, 0.15) is 42.3 Å². The van der Waals surface area contributed by atoms with Gasteiger partial charge in [-0.2, -0.15) is 18.4 Å². The summed E-state index contributed by atoms with van der Waals surface area (Å²) in [5.74, 6) is -0.952. The van der Waals surface area contributed by atoms with Gasteiger partial charge in [-0.25, -0.2) is 0 Å². The third-order valence-electron chi connectivity index (χ3n) is 2.23. The van der Waals surface area contributed by atoms with Crippen molar-refractivity contribution >= 4 is 17.7 Å². The Balaban J connectivity index is 3.55. The van der Waals surface area contributed by atoms with Crippen molar-refractivity contribution < 1.29 is 18.0 Å². The van der Waals surface area contributed by atoms with Crippen molar-refractivity contribution in [1.82, 2.24) is 0 Å². The van der Waals surface area contributed by atoms with Crippen LogP contribution in [-0.2, 0) is 6.18 Å². The summed E-state index contributed by atoms with van der Waals surface area (Å²) < 4.78 is 38.2. The third kappa shape index (κ3) is 3.90. The molecule has 108 valence electrons. The Kier molecular flexibility index (Phi) is 4.39. The van der Waals surface area contributed by atoms with Gasteiger partial charge in [0.25, 0.3) is 0 Å². The van der Waals surface area contributed by atoms with E-state index in [1.54, 1.807) is 0 Å². The molecule has 1 amide bonds. The van der Waals surface area contributed by atoms with Crippen LogP contribution in [0.4, 0.5) is 13.2 Å². The number of carbonyl (C=O) groups excluding carboxylic acids is 1. The first-order valence-electron chi connectivity index (χ1n) is 5.60. The lowest BCUT2D eigenvalue weighted by atomic mass is 10.0. The first kappa shape index (κ1) is 16.4. The van der Waals surface area contributed by atoms with Crippen molar-refractivity contribution in [2.24, 2.45) is 5.73 Å². The number of amides is 1. The fraction of sp³-hybridized carbons (Fsp3) is 0.385. The molecule has 0 saturated carbocycles. The predicted octanol–water partition coefficient (Wildman–Crippen LogP) is 3.57. The van der Waals surface area contributed by atoms with Gasteiger partial charge in [0.1, 0.15) is 0 Å². The van der Waals surface area contributed by atoms with Gasteiger partial charge in [0.2, 0.25) is 5.91 Å². The first-order valence-corrected chi connectivity index (χ1v) is 6.41. The molecule has 2 N–H and O–H groups in total. The van der Waals surface area contributed by atoms with Gasteiger partial charge in [0, 0.05) is 9.64 Å². The summed E-state index contributed by atoms with van der Waals surface area (Å²) >= 11 is 1.19. The lowest BCUT2D eigenvalue weighted by Crippen LogP contribution is -2.18. The number of primary amides is 1. The number of nitrogens with zero attached hydrogens (tertiary/aromatic N) is 1. The van der Waals surface area contributed by atoms with Gasteiger partial charge in [-0.1, -0.05) is 20.8 Å². The second-order valence-corrected chi connectivity index (χ2v) is 6.95. The molecule has 0 aliphatic rings. The quantitative estimate of drug-likeness (QED) is 0.849. The Morgan fingerprint density at radius 2 is 1.85 bits per heavy atom. The van der Waals surface area contributed by atoms with Gasteiger partial charge in [-0.15, -0.1) is 11.8 Å². The van der Waals surface area contributed by atoms with Crippen LogP contribution in [0.5, 0.6) is 0 Å². The average molecular weight is 302 g/mol. The fourth-order valence-corrected chi connectivity index (χ4v) is 2.62. The predicted molar refractivity (Wildman–Crippen MR) is 70.3 cm³/mol. The Morgan fingerprint density at radius 3 is 2.20 bits per heavy atom. The van der Waals surface area contributed by atoms with E-state index in [1.807, 2.05) is 20.8 Å². The van der Waals surface area contributed by atoms with E-state index >= 15 is 0 Å². The molecule has 0 fully saturated rings. The molecule has 0 heterocycles. The van der Waals surface area contributed by atoms with E-state index in [9.17, 15) is 18.0 Å². The van der Waals surface area contributed by atoms with Crippen molar-refractivity contribution in [2.45, 2.75) is 36.6 Å². The van der Waals surface area contributed by atoms with Crippen LogP contribution in [0.2, 0.25) is 0 Å². The minimum Gasteiger partial charge on any atom is -0.366 e. The van der Waals surface area contributed by atoms with E-state index in [4.69, 9.17) is 11.0 Å². The fourth-order valence-electron chi connectivity index (χ4n) is 1.51. The second-order valence-electron chi connectivity index (χ2n) is 5.08. The third-order valence-corrected chi connectivity index (χ3v) is 3.40. The summed E-state index contributed by atoms with van der Waals surface area (Å²) in [6.45, 7) is 5.52.